The second-order valence-electron chi connectivity index (χ2n) is 7.73. The smallest absolute Gasteiger partial charge is 0.264 e. The zero-order valence-corrected chi connectivity index (χ0v) is 20.2. The van der Waals surface area contributed by atoms with Crippen LogP contribution in [-0.2, 0) is 14.8 Å². The number of sulfonamides is 1. The molecule has 0 radical (unpaired) electrons. The van der Waals surface area contributed by atoms with E-state index in [1.54, 1.807) is 36.4 Å². The normalized spacial score (nSPS) is 11.4. The number of hydrazone groups is 1. The lowest BCUT2D eigenvalue weighted by atomic mass is 10.2. The van der Waals surface area contributed by atoms with Crippen molar-refractivity contribution in [2.75, 3.05) is 17.5 Å². The number of carbonyl (C=O) groups excluding carboxylic acids is 1. The topological polar surface area (TPSA) is 88.1 Å². The summed E-state index contributed by atoms with van der Waals surface area (Å²) in [5, 5.41) is 3.98. The molecule has 3 aromatic carbocycles. The number of aryl methyl sites for hydroxylation is 1. The first-order valence-corrected chi connectivity index (χ1v) is 12.5. The number of rotatable bonds is 11. The van der Waals surface area contributed by atoms with Crippen LogP contribution in [0, 0.1) is 6.92 Å². The molecular formula is C26H29N3O4S. The van der Waals surface area contributed by atoms with Crippen LogP contribution in [0.1, 0.15) is 30.9 Å². The van der Waals surface area contributed by atoms with Crippen LogP contribution in [0.4, 0.5) is 5.69 Å². The first-order chi connectivity index (χ1) is 16.4. The van der Waals surface area contributed by atoms with Crippen molar-refractivity contribution in [3.05, 3.63) is 90.0 Å². The van der Waals surface area contributed by atoms with E-state index in [-0.39, 0.29) is 4.90 Å². The molecule has 34 heavy (non-hydrogen) atoms. The first-order valence-electron chi connectivity index (χ1n) is 11.1. The van der Waals surface area contributed by atoms with Gasteiger partial charge in [-0.2, -0.15) is 5.10 Å². The largest absolute Gasteiger partial charge is 0.494 e. The van der Waals surface area contributed by atoms with E-state index in [1.807, 2.05) is 37.3 Å². The highest BCUT2D eigenvalue weighted by Gasteiger charge is 2.27. The van der Waals surface area contributed by atoms with Crippen molar-refractivity contribution >= 4 is 27.8 Å². The molecule has 0 spiro atoms. The maximum atomic E-state index is 13.3. The van der Waals surface area contributed by atoms with Gasteiger partial charge < -0.3 is 4.74 Å². The molecule has 0 unspecified atom stereocenters. The molecule has 0 saturated heterocycles. The van der Waals surface area contributed by atoms with Crippen molar-refractivity contribution in [2.45, 2.75) is 31.6 Å². The number of unbranched alkanes of at least 4 members (excludes halogenated alkanes) is 1. The Hall–Kier alpha value is -3.65. The van der Waals surface area contributed by atoms with Gasteiger partial charge in [0.2, 0.25) is 0 Å². The molecule has 0 atom stereocenters. The Morgan fingerprint density at radius 2 is 1.76 bits per heavy atom. The standard InChI is InChI=1S/C26H29N3O4S/c1-3-4-17-33-24-15-13-22(14-16-24)19-27-28-26(30)20-29(23-10-8-9-21(2)18-23)34(31,32)25-11-6-5-7-12-25/h5-16,18-19H,3-4,17,20H2,1-2H3,(H,28,30)/b27-19-. The van der Waals surface area contributed by atoms with Crippen molar-refractivity contribution in [3.8, 4) is 5.75 Å². The third-order valence-electron chi connectivity index (χ3n) is 4.96. The molecule has 0 fully saturated rings. The Labute approximate surface area is 201 Å². The van der Waals surface area contributed by atoms with Crippen LogP contribution < -0.4 is 14.5 Å². The number of anilines is 1. The summed E-state index contributed by atoms with van der Waals surface area (Å²) in [6.07, 6.45) is 3.56. The highest BCUT2D eigenvalue weighted by molar-refractivity contribution is 7.92. The number of benzene rings is 3. The summed E-state index contributed by atoms with van der Waals surface area (Å²) in [5.74, 6) is 0.214. The summed E-state index contributed by atoms with van der Waals surface area (Å²) in [6.45, 7) is 4.22. The Morgan fingerprint density at radius 1 is 1.03 bits per heavy atom. The Bertz CT molecular complexity index is 1210. The van der Waals surface area contributed by atoms with Crippen molar-refractivity contribution in [1.82, 2.24) is 5.43 Å². The van der Waals surface area contributed by atoms with Gasteiger partial charge in [0, 0.05) is 0 Å². The number of hydrogen-bond donors (Lipinski definition) is 1. The van der Waals surface area contributed by atoms with E-state index in [4.69, 9.17) is 4.74 Å². The van der Waals surface area contributed by atoms with Crippen molar-refractivity contribution in [2.24, 2.45) is 5.10 Å². The molecule has 0 aliphatic rings. The molecule has 178 valence electrons. The summed E-state index contributed by atoms with van der Waals surface area (Å²) >= 11 is 0. The van der Waals surface area contributed by atoms with Crippen LogP contribution in [0.25, 0.3) is 0 Å². The third-order valence-corrected chi connectivity index (χ3v) is 6.75. The lowest BCUT2D eigenvalue weighted by molar-refractivity contribution is -0.119. The van der Waals surface area contributed by atoms with Gasteiger partial charge in [-0.05, 0) is 73.0 Å². The Kier molecular flexibility index (Phi) is 8.81. The Morgan fingerprint density at radius 3 is 2.44 bits per heavy atom. The molecular weight excluding hydrogens is 450 g/mol. The van der Waals surface area contributed by atoms with Gasteiger partial charge in [0.1, 0.15) is 12.3 Å². The van der Waals surface area contributed by atoms with Crippen LogP contribution >= 0.6 is 0 Å². The number of carbonyl (C=O) groups is 1. The molecule has 0 heterocycles. The van der Waals surface area contributed by atoms with Crippen LogP contribution in [0.15, 0.2) is 88.9 Å². The minimum atomic E-state index is -3.95. The molecule has 0 aliphatic carbocycles. The van der Waals surface area contributed by atoms with Gasteiger partial charge >= 0.3 is 0 Å². The van der Waals surface area contributed by atoms with Crippen molar-refractivity contribution < 1.29 is 17.9 Å². The molecule has 0 aliphatic heterocycles. The number of amides is 1. The van der Waals surface area contributed by atoms with Crippen molar-refractivity contribution in [1.29, 1.82) is 0 Å². The average Bonchev–Trinajstić information content (AvgIpc) is 2.84. The molecule has 7 nitrogen and oxygen atoms in total. The van der Waals surface area contributed by atoms with E-state index in [2.05, 4.69) is 17.5 Å². The third kappa shape index (κ3) is 6.92. The number of hydrogen-bond acceptors (Lipinski definition) is 5. The fourth-order valence-electron chi connectivity index (χ4n) is 3.15. The summed E-state index contributed by atoms with van der Waals surface area (Å²) in [4.78, 5) is 12.7. The minimum absolute atomic E-state index is 0.106. The lowest BCUT2D eigenvalue weighted by Crippen LogP contribution is -2.39. The summed E-state index contributed by atoms with van der Waals surface area (Å²) in [5.41, 5.74) is 4.48. The first kappa shape index (κ1) is 25.0. The highest BCUT2D eigenvalue weighted by atomic mass is 32.2. The second kappa shape index (κ2) is 12.0. The maximum absolute atomic E-state index is 13.3. The molecule has 0 saturated carbocycles. The monoisotopic (exact) mass is 479 g/mol. The average molecular weight is 480 g/mol. The van der Waals surface area contributed by atoms with Gasteiger partial charge in [-0.3, -0.25) is 9.10 Å². The van der Waals surface area contributed by atoms with Gasteiger partial charge in [0.05, 0.1) is 23.4 Å². The van der Waals surface area contributed by atoms with Gasteiger partial charge in [-0.1, -0.05) is 43.7 Å². The zero-order chi connectivity index (χ0) is 24.4. The Balaban J connectivity index is 1.70. The molecule has 0 aromatic heterocycles. The van der Waals surface area contributed by atoms with E-state index >= 15 is 0 Å². The lowest BCUT2D eigenvalue weighted by Gasteiger charge is -2.24. The van der Waals surface area contributed by atoms with E-state index in [0.717, 1.165) is 34.0 Å². The van der Waals surface area contributed by atoms with Crippen molar-refractivity contribution in [3.63, 3.8) is 0 Å². The predicted molar refractivity (Wildman–Crippen MR) is 135 cm³/mol. The number of ether oxygens (including phenoxy) is 1. The van der Waals surface area contributed by atoms with E-state index in [9.17, 15) is 13.2 Å². The zero-order valence-electron chi connectivity index (χ0n) is 19.3. The summed E-state index contributed by atoms with van der Waals surface area (Å²) < 4.78 is 33.3. The predicted octanol–water partition coefficient (Wildman–Crippen LogP) is 4.52. The molecule has 0 bridgehead atoms. The van der Waals surface area contributed by atoms with Gasteiger partial charge in [0.15, 0.2) is 0 Å². The fourth-order valence-corrected chi connectivity index (χ4v) is 4.58. The van der Waals surface area contributed by atoms with Crippen LogP contribution in [0.2, 0.25) is 0 Å². The SMILES string of the molecule is CCCCOc1ccc(/C=N\NC(=O)CN(c2cccc(C)c2)S(=O)(=O)c2ccccc2)cc1. The summed E-state index contributed by atoms with van der Waals surface area (Å²) in [7, 11) is -3.95. The molecule has 3 rings (SSSR count). The minimum Gasteiger partial charge on any atom is -0.494 e. The molecule has 3 aromatic rings. The fraction of sp³-hybridized carbons (Fsp3) is 0.231. The van der Waals surface area contributed by atoms with Crippen LogP contribution in [0.3, 0.4) is 0 Å². The van der Waals surface area contributed by atoms with Gasteiger partial charge in [-0.15, -0.1) is 0 Å². The number of nitrogens with zero attached hydrogens (tertiary/aromatic N) is 2. The van der Waals surface area contributed by atoms with Crippen LogP contribution in [-0.4, -0.2) is 33.7 Å². The quantitative estimate of drug-likeness (QED) is 0.249. The van der Waals surface area contributed by atoms with Gasteiger partial charge in [0.25, 0.3) is 15.9 Å². The maximum Gasteiger partial charge on any atom is 0.264 e. The second-order valence-corrected chi connectivity index (χ2v) is 9.59. The summed E-state index contributed by atoms with van der Waals surface area (Å²) in [6, 6.07) is 22.4. The molecule has 8 heteroatoms. The van der Waals surface area contributed by atoms with E-state index in [1.165, 1.54) is 18.3 Å². The van der Waals surface area contributed by atoms with E-state index < -0.39 is 22.5 Å². The van der Waals surface area contributed by atoms with Crippen LogP contribution in [0.5, 0.6) is 5.75 Å². The number of nitrogens with one attached hydrogen (secondary N) is 1. The van der Waals surface area contributed by atoms with E-state index in [0.29, 0.717) is 12.3 Å². The molecule has 1 N–H and O–H groups in total. The van der Waals surface area contributed by atoms with Gasteiger partial charge in [-0.25, -0.2) is 13.8 Å². The highest BCUT2D eigenvalue weighted by Crippen LogP contribution is 2.24. The molecule has 1 amide bonds.